The number of fused-ring (bicyclic) bond motifs is 1. The van der Waals surface area contributed by atoms with E-state index in [1.165, 1.54) is 18.2 Å². The number of likely N-dealkylation sites (N-methyl/N-ethyl adjacent to an activating group) is 1. The van der Waals surface area contributed by atoms with Crippen LogP contribution in [0.15, 0.2) is 41.4 Å². The van der Waals surface area contributed by atoms with E-state index in [1.54, 1.807) is 25.2 Å². The van der Waals surface area contributed by atoms with E-state index in [9.17, 15) is 13.2 Å². The second-order valence-corrected chi connectivity index (χ2v) is 7.03. The molecule has 0 fully saturated rings. The smallest absolute Gasteiger partial charge is 0.387 e. The fourth-order valence-corrected chi connectivity index (χ4v) is 3.19. The molecule has 0 bridgehead atoms. The van der Waals surface area contributed by atoms with Gasteiger partial charge in [0.15, 0.2) is 17.5 Å². The van der Waals surface area contributed by atoms with Gasteiger partial charge >= 0.3 is 6.61 Å². The molecule has 7 nitrogen and oxygen atoms in total. The van der Waals surface area contributed by atoms with Crippen LogP contribution in [0.5, 0.6) is 17.2 Å². The van der Waals surface area contributed by atoms with Crippen LogP contribution in [-0.4, -0.2) is 52.0 Å². The topological polar surface area (TPSA) is 67.4 Å². The quantitative estimate of drug-likeness (QED) is 0.488. The minimum atomic E-state index is -2.96. The summed E-state index contributed by atoms with van der Waals surface area (Å²) in [6.07, 6.45) is 0. The first-order valence-corrected chi connectivity index (χ1v) is 9.61. The van der Waals surface area contributed by atoms with Crippen molar-refractivity contribution in [1.82, 2.24) is 15.5 Å². The number of alkyl halides is 2. The normalized spacial score (nSPS) is 14.1. The summed E-state index contributed by atoms with van der Waals surface area (Å²) in [5.41, 5.74) is 1.41. The molecule has 1 aliphatic rings. The van der Waals surface area contributed by atoms with Gasteiger partial charge in [-0.2, -0.15) is 8.78 Å². The summed E-state index contributed by atoms with van der Waals surface area (Å²) >= 11 is 0. The summed E-state index contributed by atoms with van der Waals surface area (Å²) in [6.45, 7) is -2.28. The molecule has 1 atom stereocenters. The molecule has 2 aromatic carbocycles. The molecule has 0 saturated carbocycles. The van der Waals surface area contributed by atoms with Crippen LogP contribution < -0.4 is 24.8 Å². The number of ether oxygens (including phenoxy) is 3. The Kier molecular flexibility index (Phi) is 7.45. The predicted octanol–water partition coefficient (Wildman–Crippen LogP) is 3.12. The summed E-state index contributed by atoms with van der Waals surface area (Å²) in [4.78, 5) is 6.18. The lowest BCUT2D eigenvalue weighted by molar-refractivity contribution is -0.0505. The van der Waals surface area contributed by atoms with Gasteiger partial charge < -0.3 is 29.7 Å². The van der Waals surface area contributed by atoms with Gasteiger partial charge in [0.2, 0.25) is 6.79 Å². The lowest BCUT2D eigenvalue weighted by Gasteiger charge is -2.26. The second kappa shape index (κ2) is 10.3. The molecule has 168 valence electrons. The van der Waals surface area contributed by atoms with Gasteiger partial charge in [-0.15, -0.1) is 0 Å². The highest BCUT2D eigenvalue weighted by Gasteiger charge is 2.20. The third kappa shape index (κ3) is 5.94. The zero-order valence-corrected chi connectivity index (χ0v) is 17.5. The monoisotopic (exact) mass is 438 g/mol. The summed E-state index contributed by atoms with van der Waals surface area (Å²) in [5.74, 6) is 0.993. The van der Waals surface area contributed by atoms with E-state index >= 15 is 0 Å². The number of rotatable bonds is 8. The number of hydrogen-bond donors (Lipinski definition) is 2. The van der Waals surface area contributed by atoms with Gasteiger partial charge in [-0.1, -0.05) is 12.1 Å². The van der Waals surface area contributed by atoms with Gasteiger partial charge in [-0.25, -0.2) is 4.39 Å². The van der Waals surface area contributed by atoms with Crippen molar-refractivity contribution in [2.45, 2.75) is 19.2 Å². The maximum absolute atomic E-state index is 13.2. The largest absolute Gasteiger partial charge is 0.454 e. The van der Waals surface area contributed by atoms with Crippen LogP contribution in [0.3, 0.4) is 0 Å². The highest BCUT2D eigenvalue weighted by molar-refractivity contribution is 5.79. The maximum atomic E-state index is 13.2. The van der Waals surface area contributed by atoms with E-state index in [2.05, 4.69) is 20.4 Å². The molecule has 0 radical (unpaired) electrons. The van der Waals surface area contributed by atoms with Crippen molar-refractivity contribution in [2.24, 2.45) is 4.99 Å². The molecular formula is C21H25F3N4O3. The Morgan fingerprint density at radius 3 is 2.42 bits per heavy atom. The van der Waals surface area contributed by atoms with Gasteiger partial charge in [-0.3, -0.25) is 4.99 Å². The Hall–Kier alpha value is -3.14. The van der Waals surface area contributed by atoms with E-state index in [1.807, 2.05) is 19.0 Å². The average Bonchev–Trinajstić information content (AvgIpc) is 3.18. The zero-order valence-electron chi connectivity index (χ0n) is 17.5. The van der Waals surface area contributed by atoms with Crippen molar-refractivity contribution < 1.29 is 27.4 Å². The Balaban J connectivity index is 1.66. The molecule has 1 heterocycles. The number of benzene rings is 2. The molecule has 3 rings (SSSR count). The molecule has 0 spiro atoms. The number of aliphatic imine (C=N–C) groups is 1. The molecule has 31 heavy (non-hydrogen) atoms. The number of nitrogens with one attached hydrogen (secondary N) is 2. The lowest BCUT2D eigenvalue weighted by Crippen LogP contribution is -2.41. The average molecular weight is 438 g/mol. The Morgan fingerprint density at radius 1 is 1.13 bits per heavy atom. The molecule has 0 aromatic heterocycles. The van der Waals surface area contributed by atoms with Crippen LogP contribution in [0, 0.1) is 5.82 Å². The number of guanidine groups is 1. The molecule has 0 saturated heterocycles. The number of nitrogens with zero attached hydrogens (tertiary/aromatic N) is 2. The molecule has 1 unspecified atom stereocenters. The highest BCUT2D eigenvalue weighted by atomic mass is 19.3. The summed E-state index contributed by atoms with van der Waals surface area (Å²) < 4.78 is 54.0. The van der Waals surface area contributed by atoms with E-state index in [0.717, 1.165) is 5.56 Å². The van der Waals surface area contributed by atoms with Crippen molar-refractivity contribution in [3.8, 4) is 17.2 Å². The first-order chi connectivity index (χ1) is 14.9. The van der Waals surface area contributed by atoms with Crippen LogP contribution in [-0.2, 0) is 6.54 Å². The summed E-state index contributed by atoms with van der Waals surface area (Å²) in [6, 6.07) is 9.26. The standard InChI is InChI=1S/C21H25F3N4O3/c1-25-21(27-11-16(28(2)3)13-4-6-15(22)7-5-13)26-10-14-8-18-19(30-12-29-18)9-17(14)31-20(23)24/h4-9,16,20H,10-12H2,1-3H3,(H2,25,26,27). The second-order valence-electron chi connectivity index (χ2n) is 7.03. The molecule has 0 aliphatic carbocycles. The van der Waals surface area contributed by atoms with E-state index in [-0.39, 0.29) is 30.9 Å². The van der Waals surface area contributed by atoms with Crippen LogP contribution >= 0.6 is 0 Å². The molecule has 2 aromatic rings. The Labute approximate surface area is 178 Å². The van der Waals surface area contributed by atoms with Crippen LogP contribution in [0.2, 0.25) is 0 Å². The SMILES string of the molecule is CN=C(NCc1cc2c(cc1OC(F)F)OCO2)NCC(c1ccc(F)cc1)N(C)C. The van der Waals surface area contributed by atoms with Crippen LogP contribution in [0.25, 0.3) is 0 Å². The first-order valence-electron chi connectivity index (χ1n) is 9.61. The van der Waals surface area contributed by atoms with E-state index in [0.29, 0.717) is 29.6 Å². The van der Waals surface area contributed by atoms with Gasteiger partial charge in [0.05, 0.1) is 6.04 Å². The third-order valence-corrected chi connectivity index (χ3v) is 4.78. The summed E-state index contributed by atoms with van der Waals surface area (Å²) in [7, 11) is 5.45. The van der Waals surface area contributed by atoms with Gasteiger partial charge in [0, 0.05) is 31.8 Å². The maximum Gasteiger partial charge on any atom is 0.387 e. The minimum Gasteiger partial charge on any atom is -0.454 e. The lowest BCUT2D eigenvalue weighted by atomic mass is 10.1. The molecular weight excluding hydrogens is 413 g/mol. The Bertz CT molecular complexity index is 907. The minimum absolute atomic E-state index is 0.000293. The van der Waals surface area contributed by atoms with Crippen LogP contribution in [0.4, 0.5) is 13.2 Å². The molecule has 2 N–H and O–H groups in total. The van der Waals surface area contributed by atoms with Crippen molar-refractivity contribution in [2.75, 3.05) is 34.5 Å². The zero-order chi connectivity index (χ0) is 22.4. The van der Waals surface area contributed by atoms with Crippen molar-refractivity contribution >= 4 is 5.96 Å². The first kappa shape index (κ1) is 22.5. The molecule has 10 heteroatoms. The Morgan fingerprint density at radius 2 is 1.81 bits per heavy atom. The fraction of sp³-hybridized carbons (Fsp3) is 0.381. The molecule has 1 aliphatic heterocycles. The van der Waals surface area contributed by atoms with Crippen molar-refractivity contribution in [1.29, 1.82) is 0 Å². The van der Waals surface area contributed by atoms with Gasteiger partial charge in [-0.05, 0) is 37.9 Å². The third-order valence-electron chi connectivity index (χ3n) is 4.78. The van der Waals surface area contributed by atoms with E-state index in [4.69, 9.17) is 9.47 Å². The number of hydrogen-bond acceptors (Lipinski definition) is 5. The van der Waals surface area contributed by atoms with Gasteiger partial charge in [0.25, 0.3) is 0 Å². The summed E-state index contributed by atoms with van der Waals surface area (Å²) in [5, 5.41) is 6.29. The number of halogens is 3. The fourth-order valence-electron chi connectivity index (χ4n) is 3.19. The highest BCUT2D eigenvalue weighted by Crippen LogP contribution is 2.38. The van der Waals surface area contributed by atoms with Gasteiger partial charge in [0.1, 0.15) is 11.6 Å². The predicted molar refractivity (Wildman–Crippen MR) is 110 cm³/mol. The molecule has 0 amide bonds. The van der Waals surface area contributed by atoms with Crippen molar-refractivity contribution in [3.63, 3.8) is 0 Å². The van der Waals surface area contributed by atoms with Crippen LogP contribution in [0.1, 0.15) is 17.2 Å². The van der Waals surface area contributed by atoms with E-state index < -0.39 is 6.61 Å². The van der Waals surface area contributed by atoms with Crippen molar-refractivity contribution in [3.05, 3.63) is 53.3 Å².